The van der Waals surface area contributed by atoms with Crippen LogP contribution >= 0.6 is 0 Å². The van der Waals surface area contributed by atoms with Crippen LogP contribution in [0.25, 0.3) is 0 Å². The zero-order chi connectivity index (χ0) is 16.6. The number of halogens is 4. The average Bonchev–Trinajstić information content (AvgIpc) is 2.79. The van der Waals surface area contributed by atoms with Gasteiger partial charge in [-0.3, -0.25) is 13.9 Å². The molecule has 2 nitrogen and oxygen atoms in total. The molecule has 0 aliphatic rings. The molecular formula is C13H28F4N2. The van der Waals surface area contributed by atoms with Crippen LogP contribution in [-0.4, -0.2) is 24.6 Å². The first kappa shape index (κ1) is 26.5. The highest BCUT2D eigenvalue weighted by molar-refractivity contribution is 5.25. The predicted molar refractivity (Wildman–Crippen MR) is 74.4 cm³/mol. The number of alkyl halides is 4. The lowest BCUT2D eigenvalue weighted by Crippen LogP contribution is -2.09. The first-order valence-electron chi connectivity index (χ1n) is 6.08. The maximum atomic E-state index is 12.6. The normalized spacial score (nSPS) is 8.26. The van der Waals surface area contributed by atoms with Gasteiger partial charge in [-0.1, -0.05) is 27.7 Å². The molecule has 0 atom stereocenters. The molecule has 1 aromatic heterocycles. The molecule has 0 fully saturated rings. The zero-order valence-corrected chi connectivity index (χ0v) is 13.5. The minimum absolute atomic E-state index is 0.157. The number of aryl methyl sites for hydroxylation is 1. The smallest absolute Gasteiger partial charge is 0.282 e. The number of aromatic nitrogens is 2. The number of hydrogen-bond donors (Lipinski definition) is 1. The third kappa shape index (κ3) is 11.7. The van der Waals surface area contributed by atoms with E-state index < -0.39 is 5.92 Å². The standard InChI is InChI=1S/C7H10F2N2.2C2H6.2CH3F/c1-4-5(2)10-11-6(4)7(3,8)9;4*1-2/h1-3H3,(H,10,11);2*1-2H3;2*1H3. The number of nitrogens with one attached hydrogen (secondary N) is 1. The number of hydrogen-bond acceptors (Lipinski definition) is 1. The lowest BCUT2D eigenvalue weighted by molar-refractivity contribution is 0.0121. The van der Waals surface area contributed by atoms with Crippen LogP contribution in [0.1, 0.15) is 51.6 Å². The number of rotatable bonds is 1. The molecule has 0 saturated heterocycles. The van der Waals surface area contributed by atoms with E-state index in [4.69, 9.17) is 0 Å². The van der Waals surface area contributed by atoms with Gasteiger partial charge in [0.2, 0.25) is 0 Å². The Morgan fingerprint density at radius 2 is 1.21 bits per heavy atom. The van der Waals surface area contributed by atoms with E-state index >= 15 is 0 Å². The van der Waals surface area contributed by atoms with Gasteiger partial charge in [0.15, 0.2) is 0 Å². The van der Waals surface area contributed by atoms with Gasteiger partial charge in [-0.2, -0.15) is 13.9 Å². The molecule has 0 unspecified atom stereocenters. The molecule has 0 aliphatic carbocycles. The molecule has 0 saturated carbocycles. The van der Waals surface area contributed by atoms with E-state index in [1.165, 1.54) is 0 Å². The summed E-state index contributed by atoms with van der Waals surface area (Å²) in [6.45, 7) is 12.2. The van der Waals surface area contributed by atoms with Gasteiger partial charge in [-0.25, -0.2) is 0 Å². The summed E-state index contributed by atoms with van der Waals surface area (Å²) in [7, 11) is 1.00. The van der Waals surface area contributed by atoms with Crippen LogP contribution in [0.4, 0.5) is 17.6 Å². The summed E-state index contributed by atoms with van der Waals surface area (Å²) >= 11 is 0. The van der Waals surface area contributed by atoms with E-state index in [9.17, 15) is 17.6 Å². The Kier molecular flexibility index (Phi) is 23.6. The van der Waals surface area contributed by atoms with Gasteiger partial charge >= 0.3 is 0 Å². The summed E-state index contributed by atoms with van der Waals surface area (Å²) in [6, 6.07) is 0. The lowest BCUT2D eigenvalue weighted by Gasteiger charge is -2.06. The molecule has 0 bridgehead atoms. The molecule has 1 heterocycles. The van der Waals surface area contributed by atoms with E-state index in [2.05, 4.69) is 10.2 Å². The molecule has 0 aliphatic heterocycles. The van der Waals surface area contributed by atoms with Gasteiger partial charge in [-0.05, 0) is 19.4 Å². The quantitative estimate of drug-likeness (QED) is 0.692. The second-order valence-corrected chi connectivity index (χ2v) is 2.71. The second-order valence-electron chi connectivity index (χ2n) is 2.71. The fourth-order valence-corrected chi connectivity index (χ4v) is 0.912. The molecule has 0 amide bonds. The monoisotopic (exact) mass is 288 g/mol. The Morgan fingerprint density at radius 3 is 1.32 bits per heavy atom. The number of H-pyrrole nitrogens is 1. The van der Waals surface area contributed by atoms with E-state index in [-0.39, 0.29) is 5.69 Å². The third-order valence-corrected chi connectivity index (χ3v) is 1.67. The lowest BCUT2D eigenvalue weighted by atomic mass is 10.1. The molecule has 118 valence electrons. The summed E-state index contributed by atoms with van der Waals surface area (Å²) in [5.74, 6) is -2.84. The van der Waals surface area contributed by atoms with Crippen molar-refractivity contribution in [1.82, 2.24) is 10.2 Å². The molecule has 0 spiro atoms. The van der Waals surface area contributed by atoms with Crippen LogP contribution in [0.5, 0.6) is 0 Å². The van der Waals surface area contributed by atoms with Gasteiger partial charge in [0.1, 0.15) is 5.69 Å². The highest BCUT2D eigenvalue weighted by atomic mass is 19.3. The molecule has 0 aromatic carbocycles. The Bertz CT molecular complexity index is 268. The molecule has 1 aromatic rings. The zero-order valence-electron chi connectivity index (χ0n) is 13.5. The van der Waals surface area contributed by atoms with Crippen molar-refractivity contribution >= 4 is 0 Å². The predicted octanol–water partition coefficient (Wildman–Crippen LogP) is 5.36. The van der Waals surface area contributed by atoms with Gasteiger partial charge in [0, 0.05) is 12.6 Å². The summed E-state index contributed by atoms with van der Waals surface area (Å²) in [5, 5.41) is 6.03. The molecule has 1 N–H and O–H groups in total. The number of nitrogens with zero attached hydrogens (tertiary/aromatic N) is 1. The van der Waals surface area contributed by atoms with E-state index in [1.54, 1.807) is 13.8 Å². The Labute approximate surface area is 114 Å². The van der Waals surface area contributed by atoms with Crippen molar-refractivity contribution < 1.29 is 17.6 Å². The van der Waals surface area contributed by atoms with Gasteiger partial charge in [0.25, 0.3) is 5.92 Å². The van der Waals surface area contributed by atoms with Crippen LogP contribution in [-0.2, 0) is 5.92 Å². The number of aromatic amines is 1. The van der Waals surface area contributed by atoms with Crippen LogP contribution < -0.4 is 0 Å². The van der Waals surface area contributed by atoms with Gasteiger partial charge in [-0.15, -0.1) is 0 Å². The maximum Gasteiger partial charge on any atom is 0.289 e. The van der Waals surface area contributed by atoms with Crippen molar-refractivity contribution in [1.29, 1.82) is 0 Å². The van der Waals surface area contributed by atoms with Gasteiger partial charge < -0.3 is 0 Å². The minimum atomic E-state index is -2.84. The Balaban J connectivity index is -0.000000121. The van der Waals surface area contributed by atoms with Crippen LogP contribution in [0.15, 0.2) is 0 Å². The highest BCUT2D eigenvalue weighted by Gasteiger charge is 2.29. The summed E-state index contributed by atoms with van der Waals surface area (Å²) in [5.41, 5.74) is 1.08. The second kappa shape index (κ2) is 16.9. The van der Waals surface area contributed by atoms with E-state index in [1.807, 2.05) is 27.7 Å². The fraction of sp³-hybridized carbons (Fsp3) is 0.769. The van der Waals surface area contributed by atoms with Crippen LogP contribution in [0, 0.1) is 13.8 Å². The topological polar surface area (TPSA) is 28.7 Å². The van der Waals surface area contributed by atoms with Crippen molar-refractivity contribution in [2.75, 3.05) is 14.4 Å². The van der Waals surface area contributed by atoms with Crippen molar-refractivity contribution in [3.8, 4) is 0 Å². The largest absolute Gasteiger partial charge is 0.289 e. The SMILES string of the molecule is CC.CC.CF.CF.Cc1[nH]nc(C(C)(F)F)c1C. The first-order chi connectivity index (χ1) is 8.93. The molecule has 6 heteroatoms. The molecule has 19 heavy (non-hydrogen) atoms. The molecule has 0 radical (unpaired) electrons. The fourth-order valence-electron chi connectivity index (χ4n) is 0.912. The van der Waals surface area contributed by atoms with Gasteiger partial charge in [0.05, 0.1) is 14.4 Å². The average molecular weight is 288 g/mol. The summed E-state index contributed by atoms with van der Waals surface area (Å²) in [4.78, 5) is 0. The molecular weight excluding hydrogens is 260 g/mol. The van der Waals surface area contributed by atoms with Crippen molar-refractivity contribution in [3.05, 3.63) is 17.0 Å². The maximum absolute atomic E-state index is 12.6. The van der Waals surface area contributed by atoms with Crippen molar-refractivity contribution in [2.45, 2.75) is 54.4 Å². The Hall–Kier alpha value is -1.07. The minimum Gasteiger partial charge on any atom is -0.282 e. The Morgan fingerprint density at radius 1 is 0.895 bits per heavy atom. The van der Waals surface area contributed by atoms with Crippen molar-refractivity contribution in [3.63, 3.8) is 0 Å². The van der Waals surface area contributed by atoms with Crippen molar-refractivity contribution in [2.24, 2.45) is 0 Å². The summed E-state index contributed by atoms with van der Waals surface area (Å²) < 4.78 is 44.3. The third-order valence-electron chi connectivity index (χ3n) is 1.67. The van der Waals surface area contributed by atoms with E-state index in [0.29, 0.717) is 25.6 Å². The molecule has 1 rings (SSSR count). The summed E-state index contributed by atoms with van der Waals surface area (Å²) in [6.07, 6.45) is 0. The first-order valence-corrected chi connectivity index (χ1v) is 6.08. The van der Waals surface area contributed by atoms with Crippen LogP contribution in [0.2, 0.25) is 0 Å². The highest BCUT2D eigenvalue weighted by Crippen LogP contribution is 2.28. The van der Waals surface area contributed by atoms with E-state index in [0.717, 1.165) is 6.92 Å². The van der Waals surface area contributed by atoms with Crippen LogP contribution in [0.3, 0.4) is 0 Å².